The molecule has 0 aliphatic carbocycles. The summed E-state index contributed by atoms with van der Waals surface area (Å²) in [7, 11) is 0. The maximum absolute atomic E-state index is 12.6. The van der Waals surface area contributed by atoms with Crippen molar-refractivity contribution < 1.29 is 23.8 Å². The fourth-order valence-electron chi connectivity index (χ4n) is 1.17. The lowest BCUT2D eigenvalue weighted by Crippen LogP contribution is -2.28. The highest BCUT2D eigenvalue weighted by Gasteiger charge is 2.28. The van der Waals surface area contributed by atoms with Gasteiger partial charge in [0.25, 0.3) is 6.43 Å². The Morgan fingerprint density at radius 2 is 2.12 bits per heavy atom. The van der Waals surface area contributed by atoms with Gasteiger partial charge in [-0.2, -0.15) is 0 Å². The maximum atomic E-state index is 12.6. The molecule has 0 aliphatic heterocycles. The third-order valence-corrected chi connectivity index (χ3v) is 1.72. The van der Waals surface area contributed by atoms with Gasteiger partial charge in [-0.1, -0.05) is 5.21 Å². The summed E-state index contributed by atoms with van der Waals surface area (Å²) in [6, 6.07) is 0. The second-order valence-electron chi connectivity index (χ2n) is 3.90. The van der Waals surface area contributed by atoms with E-state index < -0.39 is 29.4 Å². The lowest BCUT2D eigenvalue weighted by molar-refractivity contribution is 0.0498. The molecule has 0 amide bonds. The largest absolute Gasteiger partial charge is 0.476 e. The molecule has 1 aromatic heterocycles. The third kappa shape index (κ3) is 2.72. The Morgan fingerprint density at radius 3 is 2.50 bits per heavy atom. The number of hydrogen-bond donors (Lipinski definition) is 2. The van der Waals surface area contributed by atoms with Crippen molar-refractivity contribution in [1.29, 1.82) is 0 Å². The fourth-order valence-corrected chi connectivity index (χ4v) is 1.17. The second kappa shape index (κ2) is 4.12. The number of nitrogens with zero attached hydrogens (tertiary/aromatic N) is 3. The van der Waals surface area contributed by atoms with Crippen LogP contribution in [0, 0.1) is 0 Å². The zero-order valence-electron chi connectivity index (χ0n) is 8.68. The first-order valence-electron chi connectivity index (χ1n) is 4.39. The average molecular weight is 235 g/mol. The highest BCUT2D eigenvalue weighted by Crippen LogP contribution is 2.22. The summed E-state index contributed by atoms with van der Waals surface area (Å²) in [6.45, 7) is 2.53. The number of alkyl halides is 2. The normalized spacial score (nSPS) is 12.1. The Labute approximate surface area is 89.5 Å². The van der Waals surface area contributed by atoms with Gasteiger partial charge in [0.1, 0.15) is 5.69 Å². The molecule has 0 spiro atoms. The van der Waals surface area contributed by atoms with Crippen LogP contribution in [-0.2, 0) is 6.54 Å². The lowest BCUT2D eigenvalue weighted by atomic mass is 10.1. The topological polar surface area (TPSA) is 88.2 Å². The number of carboxylic acid groups (broad SMARTS) is 1. The van der Waals surface area contributed by atoms with Crippen molar-refractivity contribution in [2.75, 3.05) is 0 Å². The number of hydrogen-bond acceptors (Lipinski definition) is 4. The summed E-state index contributed by atoms with van der Waals surface area (Å²) >= 11 is 0. The van der Waals surface area contributed by atoms with Gasteiger partial charge in [-0.25, -0.2) is 18.3 Å². The van der Waals surface area contributed by atoms with E-state index in [0.717, 1.165) is 0 Å². The van der Waals surface area contributed by atoms with Crippen molar-refractivity contribution in [3.05, 3.63) is 11.4 Å². The molecule has 90 valence electrons. The number of aromatic carboxylic acids is 1. The minimum absolute atomic E-state index is 0.257. The van der Waals surface area contributed by atoms with E-state index in [-0.39, 0.29) is 6.54 Å². The van der Waals surface area contributed by atoms with E-state index in [4.69, 9.17) is 5.11 Å². The van der Waals surface area contributed by atoms with Crippen LogP contribution in [0.15, 0.2) is 0 Å². The van der Waals surface area contributed by atoms with Gasteiger partial charge in [-0.05, 0) is 13.8 Å². The first kappa shape index (κ1) is 12.5. The van der Waals surface area contributed by atoms with Crippen molar-refractivity contribution in [3.63, 3.8) is 0 Å². The number of aliphatic hydroxyl groups is 1. The number of halogens is 2. The van der Waals surface area contributed by atoms with E-state index in [9.17, 15) is 18.7 Å². The van der Waals surface area contributed by atoms with Crippen molar-refractivity contribution in [1.82, 2.24) is 15.0 Å². The van der Waals surface area contributed by atoms with Crippen molar-refractivity contribution >= 4 is 5.97 Å². The minimum Gasteiger partial charge on any atom is -0.476 e. The van der Waals surface area contributed by atoms with Gasteiger partial charge in [0.15, 0.2) is 5.69 Å². The standard InChI is InChI=1S/C8H11F2N3O3/c1-8(2,16)3-13-5(6(9)10)4(7(14)15)11-12-13/h6,16H,3H2,1-2H3,(H,14,15). The Balaban J connectivity index is 3.16. The quantitative estimate of drug-likeness (QED) is 0.801. The predicted octanol–water partition coefficient (Wildman–Crippen LogP) is 0.685. The van der Waals surface area contributed by atoms with Gasteiger partial charge in [-0.3, -0.25) is 0 Å². The molecule has 16 heavy (non-hydrogen) atoms. The summed E-state index contributed by atoms with van der Waals surface area (Å²) < 4.78 is 25.9. The van der Waals surface area contributed by atoms with Crippen LogP contribution < -0.4 is 0 Å². The van der Waals surface area contributed by atoms with Crippen LogP contribution in [0.3, 0.4) is 0 Å². The number of rotatable bonds is 4. The number of aromatic nitrogens is 3. The molecule has 8 heteroatoms. The highest BCUT2D eigenvalue weighted by molar-refractivity contribution is 5.86. The minimum atomic E-state index is -3.01. The first-order valence-corrected chi connectivity index (χ1v) is 4.39. The van der Waals surface area contributed by atoms with Crippen LogP contribution >= 0.6 is 0 Å². The van der Waals surface area contributed by atoms with Gasteiger partial charge in [-0.15, -0.1) is 5.10 Å². The Morgan fingerprint density at radius 1 is 1.56 bits per heavy atom. The predicted molar refractivity (Wildman–Crippen MR) is 48.2 cm³/mol. The molecule has 0 fully saturated rings. The third-order valence-electron chi connectivity index (χ3n) is 1.72. The Hall–Kier alpha value is -1.57. The molecule has 0 bridgehead atoms. The van der Waals surface area contributed by atoms with Crippen molar-refractivity contribution in [3.8, 4) is 0 Å². The van der Waals surface area contributed by atoms with E-state index in [1.807, 2.05) is 0 Å². The van der Waals surface area contributed by atoms with Crippen molar-refractivity contribution in [2.45, 2.75) is 32.4 Å². The van der Waals surface area contributed by atoms with E-state index >= 15 is 0 Å². The molecular weight excluding hydrogens is 224 g/mol. The van der Waals surface area contributed by atoms with Crippen LogP contribution in [0.1, 0.15) is 36.5 Å². The number of carbonyl (C=O) groups is 1. The van der Waals surface area contributed by atoms with Crippen LogP contribution in [0.5, 0.6) is 0 Å². The van der Waals surface area contributed by atoms with Crippen LogP contribution in [0.2, 0.25) is 0 Å². The number of carboxylic acids is 1. The van der Waals surface area contributed by atoms with E-state index in [2.05, 4.69) is 10.3 Å². The SMILES string of the molecule is CC(C)(O)Cn1nnc(C(=O)O)c1C(F)F. The molecular formula is C8H11F2N3O3. The van der Waals surface area contributed by atoms with Gasteiger partial charge in [0.2, 0.25) is 0 Å². The van der Waals surface area contributed by atoms with Gasteiger partial charge in [0.05, 0.1) is 12.1 Å². The van der Waals surface area contributed by atoms with Gasteiger partial charge in [0, 0.05) is 0 Å². The summed E-state index contributed by atoms with van der Waals surface area (Å²) in [6.07, 6.45) is -3.01. The molecule has 0 unspecified atom stereocenters. The molecule has 1 aromatic rings. The van der Waals surface area contributed by atoms with Crippen LogP contribution in [0.25, 0.3) is 0 Å². The summed E-state index contributed by atoms with van der Waals surface area (Å²) in [5.74, 6) is -1.57. The lowest BCUT2D eigenvalue weighted by Gasteiger charge is -2.17. The Kier molecular flexibility index (Phi) is 3.22. The molecule has 0 atom stereocenters. The molecule has 1 heterocycles. The monoisotopic (exact) mass is 235 g/mol. The summed E-state index contributed by atoms with van der Waals surface area (Å²) in [4.78, 5) is 10.6. The molecule has 6 nitrogen and oxygen atoms in total. The van der Waals surface area contributed by atoms with Crippen LogP contribution in [-0.4, -0.2) is 36.8 Å². The smallest absolute Gasteiger partial charge is 0.358 e. The maximum Gasteiger partial charge on any atom is 0.358 e. The molecule has 1 rings (SSSR count). The summed E-state index contributed by atoms with van der Waals surface area (Å²) in [5.41, 5.74) is -2.87. The average Bonchev–Trinajstić information content (AvgIpc) is 2.44. The molecule has 2 N–H and O–H groups in total. The van der Waals surface area contributed by atoms with E-state index in [1.165, 1.54) is 13.8 Å². The van der Waals surface area contributed by atoms with E-state index in [0.29, 0.717) is 4.68 Å². The summed E-state index contributed by atoms with van der Waals surface area (Å²) in [5, 5.41) is 24.5. The fraction of sp³-hybridized carbons (Fsp3) is 0.625. The molecule has 0 saturated heterocycles. The molecule has 0 aromatic carbocycles. The molecule has 0 aliphatic rings. The zero-order valence-corrected chi connectivity index (χ0v) is 8.68. The highest BCUT2D eigenvalue weighted by atomic mass is 19.3. The molecule has 0 radical (unpaired) electrons. The van der Waals surface area contributed by atoms with Gasteiger partial charge >= 0.3 is 5.97 Å². The second-order valence-corrected chi connectivity index (χ2v) is 3.90. The Bertz CT molecular complexity index is 398. The van der Waals surface area contributed by atoms with Gasteiger partial charge < -0.3 is 10.2 Å². The van der Waals surface area contributed by atoms with Crippen molar-refractivity contribution in [2.24, 2.45) is 0 Å². The first-order chi connectivity index (χ1) is 7.22. The van der Waals surface area contributed by atoms with Crippen LogP contribution in [0.4, 0.5) is 8.78 Å². The van der Waals surface area contributed by atoms with E-state index in [1.54, 1.807) is 0 Å². The molecule has 0 saturated carbocycles. The zero-order chi connectivity index (χ0) is 12.5.